The molecule has 2 N–H and O–H groups in total. The molecule has 1 aromatic heterocycles. The van der Waals surface area contributed by atoms with Crippen LogP contribution in [0.25, 0.3) is 5.69 Å². The Morgan fingerprint density at radius 1 is 1.30 bits per heavy atom. The molecule has 0 aliphatic carbocycles. The third-order valence-electron chi connectivity index (χ3n) is 4.54. The number of aryl methyl sites for hydroxylation is 1. The van der Waals surface area contributed by atoms with Gasteiger partial charge in [-0.15, -0.1) is 24.0 Å². The average molecular weight is 532 g/mol. The van der Waals surface area contributed by atoms with Crippen molar-refractivity contribution in [3.63, 3.8) is 0 Å². The number of nitrogens with one attached hydrogen (secondary N) is 2. The molecular formula is C21H34FIN6O. The first-order chi connectivity index (χ1) is 14.0. The fourth-order valence-electron chi connectivity index (χ4n) is 2.94. The van der Waals surface area contributed by atoms with Crippen LogP contribution in [0.3, 0.4) is 0 Å². The topological polar surface area (TPSA) is 66.7 Å². The van der Waals surface area contributed by atoms with E-state index in [1.807, 2.05) is 19.9 Å². The van der Waals surface area contributed by atoms with E-state index in [2.05, 4.69) is 32.6 Å². The lowest BCUT2D eigenvalue weighted by Crippen LogP contribution is -2.41. The maximum Gasteiger partial charge on any atom is 0.191 e. The van der Waals surface area contributed by atoms with Crippen LogP contribution in [-0.4, -0.2) is 67.4 Å². The van der Waals surface area contributed by atoms with Crippen molar-refractivity contribution in [1.82, 2.24) is 25.1 Å². The van der Waals surface area contributed by atoms with Gasteiger partial charge >= 0.3 is 0 Å². The minimum atomic E-state index is -0.283. The van der Waals surface area contributed by atoms with Crippen LogP contribution < -0.4 is 10.6 Å². The highest BCUT2D eigenvalue weighted by Gasteiger charge is 2.08. The molecule has 0 aliphatic rings. The molecule has 0 saturated carbocycles. The average Bonchev–Trinajstić information content (AvgIpc) is 3.12. The molecule has 1 aromatic carbocycles. The van der Waals surface area contributed by atoms with Gasteiger partial charge < -0.3 is 24.8 Å². The van der Waals surface area contributed by atoms with Gasteiger partial charge in [-0.25, -0.2) is 14.4 Å². The molecule has 0 amide bonds. The number of likely N-dealkylation sites (N-methyl/N-ethyl adjacent to an activating group) is 1. The molecule has 0 radical (unpaired) electrons. The summed E-state index contributed by atoms with van der Waals surface area (Å²) in [6, 6.07) is 5.20. The van der Waals surface area contributed by atoms with Crippen LogP contribution in [0.5, 0.6) is 0 Å². The SMILES string of the molecule is CCNC(=NCc1ccc(-n2ccnc2C)c(F)c1)NCCN(C)CCCOC.I. The highest BCUT2D eigenvalue weighted by molar-refractivity contribution is 14.0. The van der Waals surface area contributed by atoms with Gasteiger partial charge in [0.1, 0.15) is 11.6 Å². The van der Waals surface area contributed by atoms with E-state index in [-0.39, 0.29) is 29.8 Å². The minimum absolute atomic E-state index is 0. The number of nitrogens with zero attached hydrogens (tertiary/aromatic N) is 4. The number of hydrogen-bond acceptors (Lipinski definition) is 4. The third kappa shape index (κ3) is 8.57. The monoisotopic (exact) mass is 532 g/mol. The van der Waals surface area contributed by atoms with Gasteiger partial charge in [0, 0.05) is 52.3 Å². The van der Waals surface area contributed by atoms with Gasteiger partial charge in [-0.2, -0.15) is 0 Å². The highest BCUT2D eigenvalue weighted by atomic mass is 127. The molecule has 0 aliphatic heterocycles. The maximum atomic E-state index is 14.5. The van der Waals surface area contributed by atoms with Crippen LogP contribution in [-0.2, 0) is 11.3 Å². The van der Waals surface area contributed by atoms with Gasteiger partial charge in [0.25, 0.3) is 0 Å². The smallest absolute Gasteiger partial charge is 0.191 e. The normalized spacial score (nSPS) is 11.5. The lowest BCUT2D eigenvalue weighted by atomic mass is 10.2. The zero-order valence-electron chi connectivity index (χ0n) is 18.3. The molecule has 1 heterocycles. The molecule has 0 saturated heterocycles. The fraction of sp³-hybridized carbons (Fsp3) is 0.524. The number of methoxy groups -OCH3 is 1. The van der Waals surface area contributed by atoms with Crippen molar-refractivity contribution < 1.29 is 9.13 Å². The first-order valence-corrected chi connectivity index (χ1v) is 10.0. The summed E-state index contributed by atoms with van der Waals surface area (Å²) in [7, 11) is 3.81. The molecule has 0 atom stereocenters. The van der Waals surface area contributed by atoms with Gasteiger partial charge in [0.05, 0.1) is 12.2 Å². The van der Waals surface area contributed by atoms with Crippen molar-refractivity contribution >= 4 is 29.9 Å². The Morgan fingerprint density at radius 3 is 2.73 bits per heavy atom. The highest BCUT2D eigenvalue weighted by Crippen LogP contribution is 2.17. The maximum absolute atomic E-state index is 14.5. The Balaban J connectivity index is 0.00000450. The van der Waals surface area contributed by atoms with E-state index >= 15 is 0 Å². The van der Waals surface area contributed by atoms with E-state index in [0.29, 0.717) is 12.2 Å². The van der Waals surface area contributed by atoms with Gasteiger partial charge in [-0.3, -0.25) is 0 Å². The Labute approximate surface area is 196 Å². The lowest BCUT2D eigenvalue weighted by Gasteiger charge is -2.18. The van der Waals surface area contributed by atoms with Crippen molar-refractivity contribution in [2.75, 3.05) is 46.9 Å². The molecule has 168 valence electrons. The summed E-state index contributed by atoms with van der Waals surface area (Å²) in [5, 5.41) is 6.56. The number of guanidine groups is 1. The number of hydrogen-bond donors (Lipinski definition) is 2. The number of halogens is 2. The Morgan fingerprint density at radius 2 is 2.10 bits per heavy atom. The molecule has 0 unspecified atom stereocenters. The summed E-state index contributed by atoms with van der Waals surface area (Å²) in [6.07, 6.45) is 4.43. The second kappa shape index (κ2) is 14.3. The molecule has 2 rings (SSSR count). The number of benzene rings is 1. The Kier molecular flexibility index (Phi) is 12.6. The van der Waals surface area contributed by atoms with E-state index in [0.717, 1.165) is 56.6 Å². The summed E-state index contributed by atoms with van der Waals surface area (Å²) in [5.74, 6) is 1.20. The van der Waals surface area contributed by atoms with Crippen molar-refractivity contribution in [3.8, 4) is 5.69 Å². The van der Waals surface area contributed by atoms with E-state index < -0.39 is 0 Å². The fourth-order valence-corrected chi connectivity index (χ4v) is 2.94. The van der Waals surface area contributed by atoms with E-state index in [9.17, 15) is 4.39 Å². The van der Waals surface area contributed by atoms with Crippen LogP contribution >= 0.6 is 24.0 Å². The van der Waals surface area contributed by atoms with Crippen LogP contribution in [0.15, 0.2) is 35.6 Å². The Hall–Kier alpha value is -1.72. The van der Waals surface area contributed by atoms with Gasteiger partial charge in [0.2, 0.25) is 0 Å². The van der Waals surface area contributed by atoms with Gasteiger partial charge in [-0.05, 0) is 45.0 Å². The molecule has 9 heteroatoms. The quantitative estimate of drug-likeness (QED) is 0.202. The molecule has 2 aromatic rings. The molecule has 7 nitrogen and oxygen atoms in total. The number of imidazole rings is 1. The van der Waals surface area contributed by atoms with Crippen molar-refractivity contribution in [2.24, 2.45) is 4.99 Å². The van der Waals surface area contributed by atoms with Crippen molar-refractivity contribution in [3.05, 3.63) is 47.8 Å². The number of rotatable bonds is 11. The van der Waals surface area contributed by atoms with Gasteiger partial charge in [0.15, 0.2) is 5.96 Å². The lowest BCUT2D eigenvalue weighted by molar-refractivity contribution is 0.180. The minimum Gasteiger partial charge on any atom is -0.385 e. The van der Waals surface area contributed by atoms with E-state index in [4.69, 9.17) is 4.74 Å². The number of aliphatic imine (C=N–C) groups is 1. The molecule has 30 heavy (non-hydrogen) atoms. The predicted octanol–water partition coefficient (Wildman–Crippen LogP) is 2.96. The first kappa shape index (κ1) is 26.3. The second-order valence-electron chi connectivity index (χ2n) is 6.90. The van der Waals surface area contributed by atoms with Crippen LogP contribution in [0, 0.1) is 12.7 Å². The first-order valence-electron chi connectivity index (χ1n) is 10.0. The van der Waals surface area contributed by atoms with Gasteiger partial charge in [-0.1, -0.05) is 6.07 Å². The largest absolute Gasteiger partial charge is 0.385 e. The zero-order valence-corrected chi connectivity index (χ0v) is 20.7. The third-order valence-corrected chi connectivity index (χ3v) is 4.54. The molecular weight excluding hydrogens is 498 g/mol. The second-order valence-corrected chi connectivity index (χ2v) is 6.90. The summed E-state index contributed by atoms with van der Waals surface area (Å²) in [6.45, 7) is 8.49. The zero-order chi connectivity index (χ0) is 21.1. The molecule has 0 fully saturated rings. The van der Waals surface area contributed by atoms with Crippen LogP contribution in [0.2, 0.25) is 0 Å². The number of aromatic nitrogens is 2. The van der Waals surface area contributed by atoms with Crippen molar-refractivity contribution in [1.29, 1.82) is 0 Å². The summed E-state index contributed by atoms with van der Waals surface area (Å²) in [5.41, 5.74) is 1.31. The number of ether oxygens (including phenoxy) is 1. The standard InChI is InChI=1S/C21H33FN6O.HI/c1-5-23-21(25-9-12-27(3)11-6-14-29-4)26-16-18-7-8-20(19(22)15-18)28-13-10-24-17(28)2;/h7-8,10,13,15H,5-6,9,11-12,14,16H2,1-4H3,(H2,23,25,26);1H. The van der Waals surface area contributed by atoms with E-state index in [1.165, 1.54) is 6.07 Å². The Bertz CT molecular complexity index is 783. The summed E-state index contributed by atoms with van der Waals surface area (Å²) in [4.78, 5) is 11.0. The van der Waals surface area contributed by atoms with Crippen LogP contribution in [0.4, 0.5) is 4.39 Å². The van der Waals surface area contributed by atoms with Crippen LogP contribution in [0.1, 0.15) is 24.7 Å². The molecule has 0 bridgehead atoms. The molecule has 0 spiro atoms. The summed E-state index contributed by atoms with van der Waals surface area (Å²) >= 11 is 0. The summed E-state index contributed by atoms with van der Waals surface area (Å²) < 4.78 is 21.4. The predicted molar refractivity (Wildman–Crippen MR) is 130 cm³/mol. The van der Waals surface area contributed by atoms with Crippen molar-refractivity contribution in [2.45, 2.75) is 26.8 Å². The van der Waals surface area contributed by atoms with E-state index in [1.54, 1.807) is 30.1 Å².